The van der Waals surface area contributed by atoms with Crippen molar-refractivity contribution < 1.29 is 9.47 Å². The van der Waals surface area contributed by atoms with Crippen LogP contribution in [-0.4, -0.2) is 18.3 Å². The lowest BCUT2D eigenvalue weighted by molar-refractivity contribution is 0.284. The largest absolute Gasteiger partial charge is 0.493 e. The summed E-state index contributed by atoms with van der Waals surface area (Å²) in [7, 11) is 1.60. The zero-order valence-electron chi connectivity index (χ0n) is 14.2. The molecule has 0 unspecified atom stereocenters. The fraction of sp³-hybridized carbons (Fsp3) is 0.100. The molecular weight excluding hydrogens is 350 g/mol. The maximum absolute atomic E-state index is 6.16. The van der Waals surface area contributed by atoms with E-state index in [9.17, 15) is 0 Å². The van der Waals surface area contributed by atoms with Gasteiger partial charge in [0.1, 0.15) is 12.4 Å². The molecule has 0 spiro atoms. The van der Waals surface area contributed by atoms with E-state index in [1.807, 2.05) is 60.7 Å². The second-order valence-electron chi connectivity index (χ2n) is 5.38. The summed E-state index contributed by atoms with van der Waals surface area (Å²) in [6.07, 6.45) is 3.39. The minimum Gasteiger partial charge on any atom is -0.493 e. The molecule has 26 heavy (non-hydrogen) atoms. The molecule has 0 amide bonds. The van der Waals surface area contributed by atoms with Gasteiger partial charge in [0.05, 0.1) is 13.3 Å². The fourth-order valence-corrected chi connectivity index (χ4v) is 2.45. The molecule has 0 radical (unpaired) electrons. The Morgan fingerprint density at radius 1 is 1.08 bits per heavy atom. The highest BCUT2D eigenvalue weighted by Crippen LogP contribution is 2.29. The number of hydrogen-bond acceptors (Lipinski definition) is 5. The van der Waals surface area contributed by atoms with Crippen molar-refractivity contribution in [3.05, 3.63) is 83.0 Å². The van der Waals surface area contributed by atoms with Crippen molar-refractivity contribution >= 4 is 23.6 Å². The maximum atomic E-state index is 6.16. The number of anilines is 1. The van der Waals surface area contributed by atoms with E-state index in [2.05, 4.69) is 15.5 Å². The molecule has 5 nitrogen and oxygen atoms in total. The molecule has 0 bridgehead atoms. The van der Waals surface area contributed by atoms with Crippen molar-refractivity contribution in [2.45, 2.75) is 6.61 Å². The van der Waals surface area contributed by atoms with Crippen LogP contribution in [0.4, 0.5) is 5.82 Å². The topological polar surface area (TPSA) is 55.7 Å². The lowest BCUT2D eigenvalue weighted by Crippen LogP contribution is -1.99. The number of rotatable bonds is 7. The second-order valence-corrected chi connectivity index (χ2v) is 5.78. The Bertz CT molecular complexity index is 885. The first kappa shape index (κ1) is 17.8. The number of benzene rings is 2. The maximum Gasteiger partial charge on any atom is 0.161 e. The first-order valence-corrected chi connectivity index (χ1v) is 8.38. The van der Waals surface area contributed by atoms with Crippen LogP contribution in [0, 0.1) is 0 Å². The third kappa shape index (κ3) is 4.74. The standard InChI is InChI=1S/C20H18ClN3O2/c1-25-19-12-15(13-23-24-20-8-4-5-11-22-20)9-10-18(19)26-14-16-6-2-3-7-17(16)21/h2-13H,14H2,1H3,(H,22,24). The highest BCUT2D eigenvalue weighted by Gasteiger charge is 2.07. The lowest BCUT2D eigenvalue weighted by Gasteiger charge is -2.12. The summed E-state index contributed by atoms with van der Waals surface area (Å²) in [6.45, 7) is 0.366. The van der Waals surface area contributed by atoms with Crippen LogP contribution < -0.4 is 14.9 Å². The molecule has 0 saturated heterocycles. The lowest BCUT2D eigenvalue weighted by atomic mass is 10.2. The highest BCUT2D eigenvalue weighted by molar-refractivity contribution is 6.31. The number of nitrogens with one attached hydrogen (secondary N) is 1. The van der Waals surface area contributed by atoms with E-state index in [0.29, 0.717) is 28.9 Å². The smallest absolute Gasteiger partial charge is 0.161 e. The molecule has 3 aromatic rings. The van der Waals surface area contributed by atoms with E-state index in [1.54, 1.807) is 19.5 Å². The molecular formula is C20H18ClN3O2. The van der Waals surface area contributed by atoms with Crippen LogP contribution in [0.2, 0.25) is 5.02 Å². The van der Waals surface area contributed by atoms with Gasteiger partial charge in [-0.05, 0) is 42.0 Å². The molecule has 0 aliphatic carbocycles. The monoisotopic (exact) mass is 367 g/mol. The number of aromatic nitrogens is 1. The molecule has 0 atom stereocenters. The van der Waals surface area contributed by atoms with Crippen LogP contribution in [0.3, 0.4) is 0 Å². The van der Waals surface area contributed by atoms with Crippen molar-refractivity contribution in [2.75, 3.05) is 12.5 Å². The number of nitrogens with zero attached hydrogens (tertiary/aromatic N) is 2. The van der Waals surface area contributed by atoms with Gasteiger partial charge >= 0.3 is 0 Å². The minimum absolute atomic E-state index is 0.366. The number of methoxy groups -OCH3 is 1. The Morgan fingerprint density at radius 2 is 1.92 bits per heavy atom. The van der Waals surface area contributed by atoms with Crippen molar-refractivity contribution in [3.8, 4) is 11.5 Å². The third-order valence-corrected chi connectivity index (χ3v) is 3.96. The molecule has 3 rings (SSSR count). The highest BCUT2D eigenvalue weighted by atomic mass is 35.5. The number of ether oxygens (including phenoxy) is 2. The summed E-state index contributed by atoms with van der Waals surface area (Å²) in [4.78, 5) is 4.14. The third-order valence-electron chi connectivity index (χ3n) is 3.59. The van der Waals surface area contributed by atoms with Gasteiger partial charge < -0.3 is 9.47 Å². The van der Waals surface area contributed by atoms with Crippen LogP contribution in [0.15, 0.2) is 72.0 Å². The molecule has 0 saturated carbocycles. The summed E-state index contributed by atoms with van der Waals surface area (Å²) < 4.78 is 11.3. The number of hydrogen-bond donors (Lipinski definition) is 1. The van der Waals surface area contributed by atoms with E-state index >= 15 is 0 Å². The van der Waals surface area contributed by atoms with Crippen LogP contribution >= 0.6 is 11.6 Å². The molecule has 2 aromatic carbocycles. The van der Waals surface area contributed by atoms with E-state index in [4.69, 9.17) is 21.1 Å². The van der Waals surface area contributed by atoms with Crippen LogP contribution in [0.1, 0.15) is 11.1 Å². The molecule has 1 aromatic heterocycles. The van der Waals surface area contributed by atoms with Gasteiger partial charge in [-0.3, -0.25) is 5.43 Å². The fourth-order valence-electron chi connectivity index (χ4n) is 2.26. The molecule has 1 N–H and O–H groups in total. The molecule has 1 heterocycles. The Morgan fingerprint density at radius 3 is 2.69 bits per heavy atom. The van der Waals surface area contributed by atoms with Crippen LogP contribution in [0.5, 0.6) is 11.5 Å². The van der Waals surface area contributed by atoms with Gasteiger partial charge in [-0.25, -0.2) is 4.98 Å². The van der Waals surface area contributed by atoms with Gasteiger partial charge in [-0.2, -0.15) is 5.10 Å². The van der Waals surface area contributed by atoms with Gasteiger partial charge in [0.15, 0.2) is 11.5 Å². The van der Waals surface area contributed by atoms with Gasteiger partial charge in [0.2, 0.25) is 0 Å². The minimum atomic E-state index is 0.366. The Kier molecular flexibility index (Phi) is 6.06. The summed E-state index contributed by atoms with van der Waals surface area (Å²) in [6, 6.07) is 18.8. The molecule has 0 aliphatic rings. The average Bonchev–Trinajstić information content (AvgIpc) is 2.68. The van der Waals surface area contributed by atoms with Crippen molar-refractivity contribution in [1.82, 2.24) is 4.98 Å². The van der Waals surface area contributed by atoms with Gasteiger partial charge in [0.25, 0.3) is 0 Å². The normalized spacial score (nSPS) is 10.7. The summed E-state index contributed by atoms with van der Waals surface area (Å²) >= 11 is 6.16. The zero-order chi connectivity index (χ0) is 18.2. The van der Waals surface area contributed by atoms with E-state index in [-0.39, 0.29) is 0 Å². The van der Waals surface area contributed by atoms with Crippen molar-refractivity contribution in [2.24, 2.45) is 5.10 Å². The molecule has 0 aliphatic heterocycles. The quantitative estimate of drug-likeness (QED) is 0.483. The average molecular weight is 368 g/mol. The van der Waals surface area contributed by atoms with Crippen LogP contribution in [0.25, 0.3) is 0 Å². The molecule has 132 valence electrons. The summed E-state index contributed by atoms with van der Waals surface area (Å²) in [5.41, 5.74) is 4.66. The van der Waals surface area contributed by atoms with Crippen LogP contribution in [-0.2, 0) is 6.61 Å². The van der Waals surface area contributed by atoms with E-state index in [0.717, 1.165) is 11.1 Å². The number of halogens is 1. The zero-order valence-corrected chi connectivity index (χ0v) is 15.0. The summed E-state index contributed by atoms with van der Waals surface area (Å²) in [5, 5.41) is 4.85. The predicted molar refractivity (Wildman–Crippen MR) is 104 cm³/mol. The van der Waals surface area contributed by atoms with E-state index < -0.39 is 0 Å². The molecule has 0 fully saturated rings. The van der Waals surface area contributed by atoms with Gasteiger partial charge in [0, 0.05) is 16.8 Å². The van der Waals surface area contributed by atoms with Gasteiger partial charge in [-0.1, -0.05) is 35.9 Å². The molecule has 6 heteroatoms. The number of hydrazone groups is 1. The second kappa shape index (κ2) is 8.87. The summed E-state index contributed by atoms with van der Waals surface area (Å²) in [5.74, 6) is 1.94. The number of pyridine rings is 1. The Balaban J connectivity index is 1.66. The predicted octanol–water partition coefficient (Wildman–Crippen LogP) is 4.77. The van der Waals surface area contributed by atoms with Crippen molar-refractivity contribution in [3.63, 3.8) is 0 Å². The Labute approximate surface area is 157 Å². The SMILES string of the molecule is COc1cc(C=NNc2ccccn2)ccc1OCc1ccccc1Cl. The van der Waals surface area contributed by atoms with Gasteiger partial charge in [-0.15, -0.1) is 0 Å². The van der Waals surface area contributed by atoms with Crippen molar-refractivity contribution in [1.29, 1.82) is 0 Å². The first-order valence-electron chi connectivity index (χ1n) is 8.00. The van der Waals surface area contributed by atoms with E-state index in [1.165, 1.54) is 0 Å². The Hall–Kier alpha value is -3.05. The first-order chi connectivity index (χ1) is 12.8.